The quantitative estimate of drug-likeness (QED) is 0.857. The molecule has 0 bridgehead atoms. The molecule has 0 amide bonds. The minimum atomic E-state index is -3.48. The highest BCUT2D eigenvalue weighted by Gasteiger charge is 2.33. The van der Waals surface area contributed by atoms with Crippen LogP contribution in [0.5, 0.6) is 0 Å². The highest BCUT2D eigenvalue weighted by atomic mass is 32.2. The van der Waals surface area contributed by atoms with E-state index in [1.165, 1.54) is 15.6 Å². The Morgan fingerprint density at radius 1 is 1.44 bits per heavy atom. The lowest BCUT2D eigenvalue weighted by Crippen LogP contribution is -2.45. The number of hydrogen-bond donors (Lipinski definition) is 2. The summed E-state index contributed by atoms with van der Waals surface area (Å²) >= 11 is 1.21. The van der Waals surface area contributed by atoms with Crippen molar-refractivity contribution in [1.29, 1.82) is 0 Å². The number of nitrogens with zero attached hydrogens (tertiary/aromatic N) is 1. The van der Waals surface area contributed by atoms with E-state index in [1.54, 1.807) is 12.1 Å². The van der Waals surface area contributed by atoms with Crippen LogP contribution in [-0.2, 0) is 16.6 Å². The van der Waals surface area contributed by atoms with Crippen LogP contribution in [-0.4, -0.2) is 37.0 Å². The zero-order chi connectivity index (χ0) is 13.2. The van der Waals surface area contributed by atoms with Crippen LogP contribution in [0.2, 0.25) is 0 Å². The molecule has 3 N–H and O–H groups in total. The van der Waals surface area contributed by atoms with Gasteiger partial charge in [0.1, 0.15) is 4.21 Å². The summed E-state index contributed by atoms with van der Waals surface area (Å²) in [6.45, 7) is 0.724. The molecule has 7 heteroatoms. The number of aliphatic hydroxyl groups is 1. The Hall–Kier alpha value is -0.470. The fourth-order valence-electron chi connectivity index (χ4n) is 2.20. The maximum Gasteiger partial charge on any atom is 0.252 e. The van der Waals surface area contributed by atoms with Crippen LogP contribution in [0.3, 0.4) is 0 Å². The second-order valence-corrected chi connectivity index (χ2v) is 7.66. The zero-order valence-corrected chi connectivity index (χ0v) is 11.7. The van der Waals surface area contributed by atoms with Crippen molar-refractivity contribution in [1.82, 2.24) is 4.31 Å². The van der Waals surface area contributed by atoms with Crippen LogP contribution < -0.4 is 5.73 Å². The number of nitrogens with two attached hydrogens (primary N) is 1. The first-order valence-corrected chi connectivity index (χ1v) is 8.26. The van der Waals surface area contributed by atoms with Crippen LogP contribution in [0, 0.1) is 0 Å². The smallest absolute Gasteiger partial charge is 0.252 e. The van der Waals surface area contributed by atoms with Gasteiger partial charge in [0.25, 0.3) is 10.0 Å². The molecule has 1 fully saturated rings. The van der Waals surface area contributed by atoms with E-state index in [0.29, 0.717) is 17.3 Å². The monoisotopic (exact) mass is 290 g/mol. The minimum Gasteiger partial charge on any atom is -0.395 e. The van der Waals surface area contributed by atoms with Gasteiger partial charge in [0, 0.05) is 24.0 Å². The summed E-state index contributed by atoms with van der Waals surface area (Å²) in [6, 6.07) is 3.06. The lowest BCUT2D eigenvalue weighted by Gasteiger charge is -2.32. The summed E-state index contributed by atoms with van der Waals surface area (Å²) in [5.74, 6) is 0. The SMILES string of the molecule is NCc1ccc(S(=O)(=O)N2CCCCC2CO)s1. The van der Waals surface area contributed by atoms with Gasteiger partial charge in [-0.05, 0) is 25.0 Å². The Bertz CT molecular complexity index is 498. The molecule has 1 aliphatic heterocycles. The molecule has 1 aliphatic rings. The van der Waals surface area contributed by atoms with Crippen molar-refractivity contribution in [3.63, 3.8) is 0 Å². The lowest BCUT2D eigenvalue weighted by atomic mass is 10.1. The van der Waals surface area contributed by atoms with E-state index in [2.05, 4.69) is 0 Å². The van der Waals surface area contributed by atoms with Gasteiger partial charge in [-0.15, -0.1) is 11.3 Å². The molecule has 0 spiro atoms. The number of rotatable bonds is 4. The van der Waals surface area contributed by atoms with Crippen molar-refractivity contribution in [2.45, 2.75) is 36.1 Å². The molecule has 0 aliphatic carbocycles. The van der Waals surface area contributed by atoms with E-state index in [1.807, 2.05) is 0 Å². The molecule has 102 valence electrons. The molecular formula is C11H18N2O3S2. The summed E-state index contributed by atoms with van der Waals surface area (Å²) in [7, 11) is -3.48. The second kappa shape index (κ2) is 5.66. The van der Waals surface area contributed by atoms with Crippen LogP contribution in [0.15, 0.2) is 16.3 Å². The molecule has 2 heterocycles. The van der Waals surface area contributed by atoms with Gasteiger partial charge in [0.2, 0.25) is 0 Å². The van der Waals surface area contributed by atoms with Gasteiger partial charge in [-0.1, -0.05) is 6.42 Å². The first-order valence-electron chi connectivity index (χ1n) is 6.01. The average molecular weight is 290 g/mol. The summed E-state index contributed by atoms with van der Waals surface area (Å²) in [5, 5.41) is 9.30. The normalized spacial score (nSPS) is 22.2. The van der Waals surface area contributed by atoms with Crippen molar-refractivity contribution in [2.75, 3.05) is 13.2 Å². The minimum absolute atomic E-state index is 0.117. The molecule has 1 aromatic heterocycles. The molecule has 0 saturated carbocycles. The van der Waals surface area contributed by atoms with Gasteiger partial charge in [-0.25, -0.2) is 8.42 Å². The number of thiophene rings is 1. The Morgan fingerprint density at radius 3 is 2.83 bits per heavy atom. The summed E-state index contributed by atoms with van der Waals surface area (Å²) in [4.78, 5) is 0.853. The maximum atomic E-state index is 12.5. The van der Waals surface area contributed by atoms with Gasteiger partial charge in [0.15, 0.2) is 0 Å². The van der Waals surface area contributed by atoms with Crippen LogP contribution >= 0.6 is 11.3 Å². The highest BCUT2D eigenvalue weighted by molar-refractivity contribution is 7.91. The molecule has 1 unspecified atom stereocenters. The first kappa shape index (κ1) is 14.0. The van der Waals surface area contributed by atoms with E-state index in [4.69, 9.17) is 5.73 Å². The Kier molecular flexibility index (Phi) is 4.39. The molecule has 1 saturated heterocycles. The largest absolute Gasteiger partial charge is 0.395 e. The topological polar surface area (TPSA) is 83.6 Å². The predicted molar refractivity (Wildman–Crippen MR) is 70.8 cm³/mol. The molecule has 5 nitrogen and oxygen atoms in total. The van der Waals surface area contributed by atoms with Crippen molar-refractivity contribution in [3.8, 4) is 0 Å². The second-order valence-electron chi connectivity index (χ2n) is 4.37. The van der Waals surface area contributed by atoms with Crippen molar-refractivity contribution < 1.29 is 13.5 Å². The van der Waals surface area contributed by atoms with Gasteiger partial charge in [-0.2, -0.15) is 4.31 Å². The third-order valence-electron chi connectivity index (χ3n) is 3.19. The number of aliphatic hydroxyl groups excluding tert-OH is 1. The maximum absolute atomic E-state index is 12.5. The summed E-state index contributed by atoms with van der Waals surface area (Å²) in [5.41, 5.74) is 5.50. The van der Waals surface area contributed by atoms with Crippen molar-refractivity contribution >= 4 is 21.4 Å². The molecule has 18 heavy (non-hydrogen) atoms. The summed E-state index contributed by atoms with van der Waals surface area (Å²) in [6.07, 6.45) is 2.55. The predicted octanol–water partition coefficient (Wildman–Crippen LogP) is 0.742. The van der Waals surface area contributed by atoms with Gasteiger partial charge in [0.05, 0.1) is 6.61 Å². The fourth-order valence-corrected chi connectivity index (χ4v) is 5.24. The Labute approximate surface area is 111 Å². The molecule has 0 aromatic carbocycles. The van der Waals surface area contributed by atoms with Crippen LogP contribution in [0.4, 0.5) is 0 Å². The highest BCUT2D eigenvalue weighted by Crippen LogP contribution is 2.29. The molecule has 0 radical (unpaired) electrons. The Balaban J connectivity index is 2.28. The van der Waals surface area contributed by atoms with E-state index in [0.717, 1.165) is 24.1 Å². The van der Waals surface area contributed by atoms with Gasteiger partial charge < -0.3 is 10.8 Å². The number of piperidine rings is 1. The van der Waals surface area contributed by atoms with Crippen molar-refractivity contribution in [3.05, 3.63) is 17.0 Å². The van der Waals surface area contributed by atoms with Crippen LogP contribution in [0.25, 0.3) is 0 Å². The van der Waals surface area contributed by atoms with Gasteiger partial charge >= 0.3 is 0 Å². The van der Waals surface area contributed by atoms with Crippen molar-refractivity contribution in [2.24, 2.45) is 5.73 Å². The standard InChI is InChI=1S/C11H18N2O3S2/c12-7-10-4-5-11(17-10)18(15,16)13-6-2-1-3-9(13)8-14/h4-5,9,14H,1-3,6-8,12H2. The van der Waals surface area contributed by atoms with E-state index in [9.17, 15) is 13.5 Å². The third-order valence-corrected chi connectivity index (χ3v) is 6.71. The number of sulfonamides is 1. The molecule has 2 rings (SSSR count). The summed E-state index contributed by atoms with van der Waals surface area (Å²) < 4.78 is 26.7. The van der Waals surface area contributed by atoms with Crippen LogP contribution in [0.1, 0.15) is 24.1 Å². The fraction of sp³-hybridized carbons (Fsp3) is 0.636. The van der Waals surface area contributed by atoms with E-state index >= 15 is 0 Å². The van der Waals surface area contributed by atoms with Gasteiger partial charge in [-0.3, -0.25) is 0 Å². The van der Waals surface area contributed by atoms with E-state index < -0.39 is 10.0 Å². The third kappa shape index (κ3) is 2.60. The average Bonchev–Trinajstić information content (AvgIpc) is 2.88. The zero-order valence-electron chi connectivity index (χ0n) is 10.1. The lowest BCUT2D eigenvalue weighted by molar-refractivity contribution is 0.155. The Morgan fingerprint density at radius 2 is 2.22 bits per heavy atom. The van der Waals surface area contributed by atoms with E-state index in [-0.39, 0.29) is 12.6 Å². The number of hydrogen-bond acceptors (Lipinski definition) is 5. The first-order chi connectivity index (χ1) is 8.59. The molecule has 1 atom stereocenters. The molecular weight excluding hydrogens is 272 g/mol. The molecule has 1 aromatic rings.